The van der Waals surface area contributed by atoms with E-state index in [2.05, 4.69) is 22.5 Å². The summed E-state index contributed by atoms with van der Waals surface area (Å²) < 4.78 is 5.03. The predicted molar refractivity (Wildman–Crippen MR) is 92.4 cm³/mol. The lowest BCUT2D eigenvalue weighted by Crippen LogP contribution is -2.41. The molecule has 0 bridgehead atoms. The maximum absolute atomic E-state index is 5.03. The van der Waals surface area contributed by atoms with Crippen LogP contribution in [0.5, 0.6) is 0 Å². The van der Waals surface area contributed by atoms with Crippen LogP contribution in [0.2, 0.25) is 0 Å². The van der Waals surface area contributed by atoms with Crippen molar-refractivity contribution in [1.29, 1.82) is 0 Å². The fraction of sp³-hybridized carbons (Fsp3) is 0.929. The summed E-state index contributed by atoms with van der Waals surface area (Å²) in [6.45, 7) is 5.13. The highest BCUT2D eigenvalue weighted by molar-refractivity contribution is 14.0. The van der Waals surface area contributed by atoms with Gasteiger partial charge >= 0.3 is 0 Å². The predicted octanol–water partition coefficient (Wildman–Crippen LogP) is 2.63. The van der Waals surface area contributed by atoms with Gasteiger partial charge in [-0.25, -0.2) is 0 Å². The topological polar surface area (TPSA) is 45.7 Å². The van der Waals surface area contributed by atoms with Crippen molar-refractivity contribution < 1.29 is 4.74 Å². The molecule has 1 fully saturated rings. The van der Waals surface area contributed by atoms with E-state index in [-0.39, 0.29) is 24.0 Å². The Morgan fingerprint density at radius 1 is 1.26 bits per heavy atom. The minimum Gasteiger partial charge on any atom is -0.385 e. The zero-order valence-electron chi connectivity index (χ0n) is 12.6. The van der Waals surface area contributed by atoms with Gasteiger partial charge < -0.3 is 15.4 Å². The van der Waals surface area contributed by atoms with Gasteiger partial charge in [-0.15, -0.1) is 24.0 Å². The van der Waals surface area contributed by atoms with Crippen molar-refractivity contribution in [2.45, 2.75) is 39.0 Å². The quantitative estimate of drug-likeness (QED) is 0.321. The van der Waals surface area contributed by atoms with Crippen LogP contribution in [-0.2, 0) is 4.74 Å². The second-order valence-corrected chi connectivity index (χ2v) is 5.25. The number of ether oxygens (including phenoxy) is 1. The molecular formula is C14H30IN3O. The molecule has 1 aliphatic rings. The zero-order chi connectivity index (χ0) is 13.2. The van der Waals surface area contributed by atoms with E-state index < -0.39 is 0 Å². The van der Waals surface area contributed by atoms with Gasteiger partial charge in [-0.05, 0) is 24.7 Å². The smallest absolute Gasteiger partial charge is 0.190 e. The van der Waals surface area contributed by atoms with E-state index in [9.17, 15) is 0 Å². The monoisotopic (exact) mass is 383 g/mol. The van der Waals surface area contributed by atoms with Gasteiger partial charge in [0.1, 0.15) is 0 Å². The third-order valence-corrected chi connectivity index (χ3v) is 3.86. The van der Waals surface area contributed by atoms with Crippen LogP contribution in [0.25, 0.3) is 0 Å². The van der Waals surface area contributed by atoms with E-state index in [1.54, 1.807) is 7.11 Å². The largest absolute Gasteiger partial charge is 0.385 e. The Morgan fingerprint density at radius 3 is 2.63 bits per heavy atom. The van der Waals surface area contributed by atoms with Crippen molar-refractivity contribution in [3.05, 3.63) is 0 Å². The summed E-state index contributed by atoms with van der Waals surface area (Å²) >= 11 is 0. The summed E-state index contributed by atoms with van der Waals surface area (Å²) in [5.74, 6) is 2.57. The van der Waals surface area contributed by atoms with Gasteiger partial charge in [-0.1, -0.05) is 26.2 Å². The molecule has 0 aromatic carbocycles. The second-order valence-electron chi connectivity index (χ2n) is 5.25. The lowest BCUT2D eigenvalue weighted by molar-refractivity contribution is 0.195. The first-order chi connectivity index (χ1) is 8.77. The molecule has 5 heteroatoms. The molecule has 2 atom stereocenters. The molecular weight excluding hydrogens is 353 g/mol. The Balaban J connectivity index is 0.00000324. The minimum absolute atomic E-state index is 0. The molecule has 1 rings (SSSR count). The van der Waals surface area contributed by atoms with Crippen LogP contribution < -0.4 is 10.6 Å². The highest BCUT2D eigenvalue weighted by Gasteiger charge is 2.21. The van der Waals surface area contributed by atoms with Crippen LogP contribution in [0.3, 0.4) is 0 Å². The van der Waals surface area contributed by atoms with E-state index in [1.807, 2.05) is 7.05 Å². The molecule has 0 heterocycles. The van der Waals surface area contributed by atoms with Crippen molar-refractivity contribution in [3.63, 3.8) is 0 Å². The number of guanidine groups is 1. The molecule has 0 aromatic rings. The third kappa shape index (κ3) is 7.97. The Hall–Kier alpha value is -0.0400. The Bertz CT molecular complexity index is 249. The number of rotatable bonds is 6. The maximum atomic E-state index is 5.03. The van der Waals surface area contributed by atoms with Gasteiger partial charge in [0.2, 0.25) is 0 Å². The lowest BCUT2D eigenvalue weighted by Gasteiger charge is -2.29. The molecule has 0 spiro atoms. The Morgan fingerprint density at radius 2 is 2.00 bits per heavy atom. The van der Waals surface area contributed by atoms with Crippen molar-refractivity contribution in [1.82, 2.24) is 10.6 Å². The van der Waals surface area contributed by atoms with Crippen LogP contribution >= 0.6 is 24.0 Å². The number of nitrogens with zero attached hydrogens (tertiary/aromatic N) is 1. The Labute approximate surface area is 135 Å². The van der Waals surface area contributed by atoms with E-state index in [0.29, 0.717) is 0 Å². The summed E-state index contributed by atoms with van der Waals surface area (Å²) in [6.07, 6.45) is 6.54. The number of nitrogens with one attached hydrogen (secondary N) is 2. The molecule has 0 aliphatic heterocycles. The highest BCUT2D eigenvalue weighted by atomic mass is 127. The molecule has 19 heavy (non-hydrogen) atoms. The van der Waals surface area contributed by atoms with E-state index in [1.165, 1.54) is 25.7 Å². The van der Waals surface area contributed by atoms with Gasteiger partial charge in [-0.2, -0.15) is 0 Å². The lowest BCUT2D eigenvalue weighted by atomic mass is 9.80. The zero-order valence-corrected chi connectivity index (χ0v) is 14.9. The highest BCUT2D eigenvalue weighted by Crippen LogP contribution is 2.28. The molecule has 0 saturated heterocycles. The van der Waals surface area contributed by atoms with Crippen molar-refractivity contribution >= 4 is 29.9 Å². The molecule has 0 aromatic heterocycles. The number of aliphatic imine (C=N–C) groups is 1. The van der Waals surface area contributed by atoms with Crippen molar-refractivity contribution in [2.24, 2.45) is 16.8 Å². The van der Waals surface area contributed by atoms with Crippen LogP contribution in [0, 0.1) is 11.8 Å². The average molecular weight is 383 g/mol. The van der Waals surface area contributed by atoms with E-state index >= 15 is 0 Å². The van der Waals surface area contributed by atoms with Crippen LogP contribution in [0.1, 0.15) is 39.0 Å². The van der Waals surface area contributed by atoms with Gasteiger partial charge in [-0.3, -0.25) is 4.99 Å². The normalized spacial score (nSPS) is 23.6. The molecule has 114 valence electrons. The molecule has 2 unspecified atom stereocenters. The first-order valence-corrected chi connectivity index (χ1v) is 7.21. The summed E-state index contributed by atoms with van der Waals surface area (Å²) in [5, 5.41) is 6.76. The maximum Gasteiger partial charge on any atom is 0.190 e. The second kappa shape index (κ2) is 11.8. The van der Waals surface area contributed by atoms with E-state index in [4.69, 9.17) is 4.74 Å². The number of hydrogen-bond acceptors (Lipinski definition) is 2. The first kappa shape index (κ1) is 19.0. The summed E-state index contributed by atoms with van der Waals surface area (Å²) in [6, 6.07) is 0. The third-order valence-electron chi connectivity index (χ3n) is 3.86. The number of methoxy groups -OCH3 is 1. The van der Waals surface area contributed by atoms with Crippen molar-refractivity contribution in [2.75, 3.05) is 33.9 Å². The molecule has 1 saturated carbocycles. The van der Waals surface area contributed by atoms with Gasteiger partial charge in [0.05, 0.1) is 0 Å². The fourth-order valence-electron chi connectivity index (χ4n) is 2.57. The number of hydrogen-bond donors (Lipinski definition) is 2. The minimum atomic E-state index is 0. The van der Waals surface area contributed by atoms with Crippen LogP contribution in [-0.4, -0.2) is 39.8 Å². The molecule has 4 nitrogen and oxygen atoms in total. The van der Waals surface area contributed by atoms with E-state index in [0.717, 1.165) is 43.9 Å². The molecule has 0 amide bonds. The van der Waals surface area contributed by atoms with Crippen LogP contribution in [0.15, 0.2) is 4.99 Å². The summed E-state index contributed by atoms with van der Waals surface area (Å²) in [4.78, 5) is 4.25. The SMILES string of the molecule is CN=C(NCCCOC)NCC1CCCCC1C.I. The Kier molecular flexibility index (Phi) is 11.7. The molecule has 2 N–H and O–H groups in total. The molecule has 1 aliphatic carbocycles. The van der Waals surface area contributed by atoms with Gasteiger partial charge in [0, 0.05) is 33.9 Å². The van der Waals surface area contributed by atoms with Gasteiger partial charge in [0.25, 0.3) is 0 Å². The summed E-state index contributed by atoms with van der Waals surface area (Å²) in [7, 11) is 3.56. The average Bonchev–Trinajstić information content (AvgIpc) is 2.40. The summed E-state index contributed by atoms with van der Waals surface area (Å²) in [5.41, 5.74) is 0. The molecule has 0 radical (unpaired) electrons. The van der Waals surface area contributed by atoms with Crippen LogP contribution in [0.4, 0.5) is 0 Å². The van der Waals surface area contributed by atoms with Gasteiger partial charge in [0.15, 0.2) is 5.96 Å². The number of halogens is 1. The van der Waals surface area contributed by atoms with Crippen molar-refractivity contribution in [3.8, 4) is 0 Å². The fourth-order valence-corrected chi connectivity index (χ4v) is 2.57. The first-order valence-electron chi connectivity index (χ1n) is 7.21. The standard InChI is InChI=1S/C14H29N3O.HI/c1-12-7-4-5-8-13(12)11-17-14(15-2)16-9-6-10-18-3;/h12-13H,4-11H2,1-3H3,(H2,15,16,17);1H.